The Kier molecular flexibility index (Phi) is 9.10. The molecule has 0 spiro atoms. The standard InChI is InChI=1S/C27H32N2O3.ClH/c1-19(30)25-14-16-28-18-23(25)11-8-21-9-12-24(13-10-21)31-17-15-26-20(2)32-27(29-26)22-6-4-3-5-7-22;/h3-7,9-10,12-13,23,25,28H,8,11,14-18H2,1-2H3;1H/t23?,25-;/m1./s1. The maximum absolute atomic E-state index is 11.9. The van der Waals surface area contributed by atoms with Crippen molar-refractivity contribution in [2.75, 3.05) is 19.7 Å². The first-order valence-corrected chi connectivity index (χ1v) is 11.5. The molecule has 1 unspecified atom stereocenters. The van der Waals surface area contributed by atoms with Crippen LogP contribution in [0.5, 0.6) is 5.75 Å². The molecule has 1 saturated heterocycles. The first kappa shape index (κ1) is 25.0. The van der Waals surface area contributed by atoms with Crippen LogP contribution in [0.15, 0.2) is 59.0 Å². The van der Waals surface area contributed by atoms with Gasteiger partial charge in [-0.3, -0.25) is 4.79 Å². The van der Waals surface area contributed by atoms with E-state index in [0.29, 0.717) is 30.6 Å². The van der Waals surface area contributed by atoms with E-state index in [9.17, 15) is 4.79 Å². The van der Waals surface area contributed by atoms with E-state index in [4.69, 9.17) is 9.15 Å². The van der Waals surface area contributed by atoms with E-state index in [1.54, 1.807) is 6.92 Å². The van der Waals surface area contributed by atoms with Crippen molar-refractivity contribution < 1.29 is 13.9 Å². The molecule has 2 atom stereocenters. The number of ether oxygens (including phenoxy) is 1. The van der Waals surface area contributed by atoms with Gasteiger partial charge in [-0.1, -0.05) is 30.3 Å². The number of aryl methyl sites for hydroxylation is 2. The summed E-state index contributed by atoms with van der Waals surface area (Å²) in [5.41, 5.74) is 3.20. The summed E-state index contributed by atoms with van der Waals surface area (Å²) in [7, 11) is 0. The summed E-state index contributed by atoms with van der Waals surface area (Å²) in [5, 5.41) is 3.43. The number of halogens is 1. The molecular formula is C27H33ClN2O3. The second-order valence-electron chi connectivity index (χ2n) is 8.64. The second kappa shape index (κ2) is 12.0. The maximum atomic E-state index is 11.9. The average molecular weight is 469 g/mol. The molecule has 0 amide bonds. The Morgan fingerprint density at radius 2 is 1.88 bits per heavy atom. The van der Waals surface area contributed by atoms with E-state index < -0.39 is 0 Å². The van der Waals surface area contributed by atoms with E-state index >= 15 is 0 Å². The van der Waals surface area contributed by atoms with Crippen molar-refractivity contribution in [3.05, 3.63) is 71.6 Å². The van der Waals surface area contributed by atoms with Gasteiger partial charge < -0.3 is 14.5 Å². The highest BCUT2D eigenvalue weighted by Crippen LogP contribution is 2.26. The summed E-state index contributed by atoms with van der Waals surface area (Å²) >= 11 is 0. The zero-order valence-electron chi connectivity index (χ0n) is 19.4. The zero-order valence-corrected chi connectivity index (χ0v) is 20.2. The number of Topliss-reactive ketones (excluding diaryl/α,β-unsaturated/α-hetero) is 1. The third-order valence-electron chi connectivity index (χ3n) is 6.38. The summed E-state index contributed by atoms with van der Waals surface area (Å²) < 4.78 is 11.8. The van der Waals surface area contributed by atoms with Crippen molar-refractivity contribution in [3.8, 4) is 17.2 Å². The van der Waals surface area contributed by atoms with Crippen molar-refractivity contribution in [2.45, 2.75) is 39.5 Å². The molecule has 0 saturated carbocycles. The van der Waals surface area contributed by atoms with Gasteiger partial charge in [0, 0.05) is 17.9 Å². The monoisotopic (exact) mass is 468 g/mol. The molecule has 6 heteroatoms. The molecule has 1 N–H and O–H groups in total. The van der Waals surface area contributed by atoms with Crippen LogP contribution in [0.25, 0.3) is 11.5 Å². The lowest BCUT2D eigenvalue weighted by molar-refractivity contribution is -0.123. The van der Waals surface area contributed by atoms with Crippen LogP contribution in [0.4, 0.5) is 0 Å². The SMILES string of the molecule is CC(=O)[C@H]1CCNCC1CCc1ccc(OCCc2nc(-c3ccccc3)oc2C)cc1.Cl. The molecule has 33 heavy (non-hydrogen) atoms. The number of benzene rings is 2. The Morgan fingerprint density at radius 3 is 2.61 bits per heavy atom. The van der Waals surface area contributed by atoms with E-state index in [0.717, 1.165) is 55.1 Å². The first-order chi connectivity index (χ1) is 15.6. The Balaban J connectivity index is 0.00000306. The van der Waals surface area contributed by atoms with Gasteiger partial charge in [0.1, 0.15) is 17.3 Å². The lowest BCUT2D eigenvalue weighted by atomic mass is 9.80. The molecule has 0 aliphatic carbocycles. The number of nitrogens with one attached hydrogen (secondary N) is 1. The highest BCUT2D eigenvalue weighted by molar-refractivity contribution is 5.85. The molecular weight excluding hydrogens is 436 g/mol. The third kappa shape index (κ3) is 6.68. The Morgan fingerprint density at radius 1 is 1.12 bits per heavy atom. The molecule has 1 aromatic heterocycles. The number of piperidine rings is 1. The molecule has 2 heterocycles. The van der Waals surface area contributed by atoms with Gasteiger partial charge in [-0.05, 0) is 81.9 Å². The van der Waals surface area contributed by atoms with Gasteiger partial charge in [0.05, 0.1) is 12.3 Å². The molecule has 4 rings (SSSR count). The average Bonchev–Trinajstić information content (AvgIpc) is 3.19. The van der Waals surface area contributed by atoms with Crippen molar-refractivity contribution in [2.24, 2.45) is 11.8 Å². The molecule has 1 fully saturated rings. The van der Waals surface area contributed by atoms with E-state index in [-0.39, 0.29) is 18.3 Å². The summed E-state index contributed by atoms with van der Waals surface area (Å²) in [5.74, 6) is 3.33. The van der Waals surface area contributed by atoms with Crippen molar-refractivity contribution >= 4 is 18.2 Å². The fourth-order valence-electron chi connectivity index (χ4n) is 4.50. The zero-order chi connectivity index (χ0) is 22.3. The molecule has 1 aliphatic rings. The van der Waals surface area contributed by atoms with Gasteiger partial charge in [-0.2, -0.15) is 0 Å². The fraction of sp³-hybridized carbons (Fsp3) is 0.407. The maximum Gasteiger partial charge on any atom is 0.226 e. The van der Waals surface area contributed by atoms with Crippen LogP contribution >= 0.6 is 12.4 Å². The lowest BCUT2D eigenvalue weighted by Gasteiger charge is -2.30. The van der Waals surface area contributed by atoms with Gasteiger partial charge >= 0.3 is 0 Å². The minimum Gasteiger partial charge on any atom is -0.493 e. The van der Waals surface area contributed by atoms with E-state index in [1.807, 2.05) is 49.4 Å². The van der Waals surface area contributed by atoms with Gasteiger partial charge in [-0.25, -0.2) is 4.98 Å². The van der Waals surface area contributed by atoms with Crippen molar-refractivity contribution in [1.29, 1.82) is 0 Å². The lowest BCUT2D eigenvalue weighted by Crippen LogP contribution is -2.39. The van der Waals surface area contributed by atoms with Gasteiger partial charge in [0.15, 0.2) is 0 Å². The predicted octanol–water partition coefficient (Wildman–Crippen LogP) is 5.44. The molecule has 5 nitrogen and oxygen atoms in total. The molecule has 0 radical (unpaired) electrons. The number of oxazole rings is 1. The van der Waals surface area contributed by atoms with Crippen LogP contribution in [0.2, 0.25) is 0 Å². The van der Waals surface area contributed by atoms with Crippen molar-refractivity contribution in [1.82, 2.24) is 10.3 Å². The topological polar surface area (TPSA) is 64.4 Å². The summed E-state index contributed by atoms with van der Waals surface area (Å²) in [4.78, 5) is 16.5. The van der Waals surface area contributed by atoms with Crippen LogP contribution < -0.4 is 10.1 Å². The van der Waals surface area contributed by atoms with Crippen LogP contribution in [0.3, 0.4) is 0 Å². The minimum atomic E-state index is 0. The summed E-state index contributed by atoms with van der Waals surface area (Å²) in [6, 6.07) is 18.3. The Bertz CT molecular complexity index is 1020. The van der Waals surface area contributed by atoms with Gasteiger partial charge in [0.2, 0.25) is 5.89 Å². The molecule has 2 aromatic carbocycles. The summed E-state index contributed by atoms with van der Waals surface area (Å²) in [6.45, 7) is 6.13. The molecule has 0 bridgehead atoms. The highest BCUT2D eigenvalue weighted by atomic mass is 35.5. The number of rotatable bonds is 9. The largest absolute Gasteiger partial charge is 0.493 e. The predicted molar refractivity (Wildman–Crippen MR) is 133 cm³/mol. The normalized spacial score (nSPS) is 17.9. The first-order valence-electron chi connectivity index (χ1n) is 11.5. The van der Waals surface area contributed by atoms with Gasteiger partial charge in [0.25, 0.3) is 0 Å². The van der Waals surface area contributed by atoms with Gasteiger partial charge in [-0.15, -0.1) is 12.4 Å². The number of nitrogens with zero attached hydrogens (tertiary/aromatic N) is 1. The van der Waals surface area contributed by atoms with E-state index in [1.165, 1.54) is 5.56 Å². The smallest absolute Gasteiger partial charge is 0.226 e. The highest BCUT2D eigenvalue weighted by Gasteiger charge is 2.27. The number of hydrogen-bond donors (Lipinski definition) is 1. The third-order valence-corrected chi connectivity index (χ3v) is 6.38. The molecule has 3 aromatic rings. The van der Waals surface area contributed by atoms with E-state index in [2.05, 4.69) is 22.4 Å². The number of hydrogen-bond acceptors (Lipinski definition) is 5. The molecule has 176 valence electrons. The Labute approximate surface area is 202 Å². The molecule has 1 aliphatic heterocycles. The summed E-state index contributed by atoms with van der Waals surface area (Å²) in [6.07, 6.45) is 3.68. The quantitative estimate of drug-likeness (QED) is 0.453. The van der Waals surface area contributed by atoms with Crippen LogP contribution in [0.1, 0.15) is 36.8 Å². The van der Waals surface area contributed by atoms with Crippen LogP contribution in [-0.2, 0) is 17.6 Å². The Hall–Kier alpha value is -2.63. The minimum absolute atomic E-state index is 0. The number of carbonyl (C=O) groups excluding carboxylic acids is 1. The number of ketones is 1. The van der Waals surface area contributed by atoms with Crippen LogP contribution in [0, 0.1) is 18.8 Å². The number of aromatic nitrogens is 1. The van der Waals surface area contributed by atoms with Crippen LogP contribution in [-0.4, -0.2) is 30.5 Å². The fourth-order valence-corrected chi connectivity index (χ4v) is 4.50. The second-order valence-corrected chi connectivity index (χ2v) is 8.64. The van der Waals surface area contributed by atoms with Crippen molar-refractivity contribution in [3.63, 3.8) is 0 Å². The number of carbonyl (C=O) groups is 1.